The number of benzene rings is 2. The first kappa shape index (κ1) is 33.1. The molecule has 2 atom stereocenters. The minimum atomic E-state index is -4.52. The van der Waals surface area contributed by atoms with Gasteiger partial charge in [0.05, 0.1) is 11.3 Å². The molecule has 2 aliphatic heterocycles. The summed E-state index contributed by atoms with van der Waals surface area (Å²) in [5, 5.41) is 2.35. The molecule has 2 amide bonds. The number of aromatic nitrogens is 1. The summed E-state index contributed by atoms with van der Waals surface area (Å²) in [7, 11) is 0. The molecule has 15 heteroatoms. The molecule has 1 fully saturated rings. The number of thioether (sulfide) groups is 1. The van der Waals surface area contributed by atoms with Crippen molar-refractivity contribution in [2.75, 3.05) is 19.0 Å². The van der Waals surface area contributed by atoms with Crippen molar-refractivity contribution in [3.8, 4) is 17.0 Å². The van der Waals surface area contributed by atoms with Crippen LogP contribution < -0.4 is 10.1 Å². The van der Waals surface area contributed by atoms with Crippen LogP contribution in [0.5, 0.6) is 5.75 Å². The Balaban J connectivity index is 1.13. The van der Waals surface area contributed by atoms with Gasteiger partial charge in [-0.05, 0) is 62.7 Å². The van der Waals surface area contributed by atoms with E-state index >= 15 is 0 Å². The minimum Gasteiger partial charge on any atom is -0.484 e. The average molecular weight is 686 g/mol. The number of ether oxygens (including phenoxy) is 3. The maximum Gasteiger partial charge on any atom is 0.416 e. The van der Waals surface area contributed by atoms with Crippen molar-refractivity contribution in [3.63, 3.8) is 0 Å². The Bertz CT molecular complexity index is 1930. The lowest BCUT2D eigenvalue weighted by atomic mass is 9.87. The molecular weight excluding hydrogens is 655 g/mol. The summed E-state index contributed by atoms with van der Waals surface area (Å²) in [5.41, 5.74) is 1.02. The highest BCUT2D eigenvalue weighted by atomic mass is 32.2. The number of rotatable bonds is 7. The summed E-state index contributed by atoms with van der Waals surface area (Å²) in [5.74, 6) is -2.32. The normalized spacial score (nSPS) is 18.9. The van der Waals surface area contributed by atoms with E-state index in [-0.39, 0.29) is 41.6 Å². The van der Waals surface area contributed by atoms with Crippen LogP contribution in [0.25, 0.3) is 22.2 Å². The predicted molar refractivity (Wildman–Crippen MR) is 167 cm³/mol. The summed E-state index contributed by atoms with van der Waals surface area (Å²) in [6, 6.07) is 7.01. The van der Waals surface area contributed by atoms with Gasteiger partial charge in [-0.1, -0.05) is 0 Å². The van der Waals surface area contributed by atoms with Crippen molar-refractivity contribution in [3.05, 3.63) is 64.4 Å². The molecule has 3 aliphatic rings. The zero-order valence-corrected chi connectivity index (χ0v) is 27.0. The summed E-state index contributed by atoms with van der Waals surface area (Å²) in [4.78, 5) is 68.0. The number of halogens is 3. The van der Waals surface area contributed by atoms with E-state index in [4.69, 9.17) is 14.2 Å². The van der Waals surface area contributed by atoms with Crippen LogP contribution >= 0.6 is 11.8 Å². The molecule has 0 spiro atoms. The van der Waals surface area contributed by atoms with Crippen LogP contribution in [-0.2, 0) is 41.2 Å². The van der Waals surface area contributed by atoms with Crippen LogP contribution in [0, 0.1) is 0 Å². The van der Waals surface area contributed by atoms with E-state index in [0.717, 1.165) is 12.1 Å². The number of hydrogen-bond donors (Lipinski definition) is 2. The van der Waals surface area contributed by atoms with Gasteiger partial charge in [0.25, 0.3) is 11.8 Å². The summed E-state index contributed by atoms with van der Waals surface area (Å²) < 4.78 is 56.2. The minimum absolute atomic E-state index is 0.0145. The molecule has 48 heavy (non-hydrogen) atoms. The Kier molecular flexibility index (Phi) is 8.30. The number of esters is 2. The highest BCUT2D eigenvalue weighted by Crippen LogP contribution is 2.42. The van der Waals surface area contributed by atoms with E-state index < -0.39 is 59.1 Å². The van der Waals surface area contributed by atoms with Crippen LogP contribution in [0.15, 0.2) is 47.7 Å². The molecular formula is C33H30F3N3O8S. The Hall–Kier alpha value is -4.79. The Morgan fingerprint density at radius 2 is 1.81 bits per heavy atom. The van der Waals surface area contributed by atoms with E-state index in [1.807, 2.05) is 0 Å². The number of carbonyl (C=O) groups is 5. The van der Waals surface area contributed by atoms with Crippen molar-refractivity contribution in [1.29, 1.82) is 0 Å². The van der Waals surface area contributed by atoms with Gasteiger partial charge >= 0.3 is 18.1 Å². The topological polar surface area (TPSA) is 144 Å². The van der Waals surface area contributed by atoms with E-state index in [1.165, 1.54) is 41.8 Å². The molecule has 11 nitrogen and oxygen atoms in total. The predicted octanol–water partition coefficient (Wildman–Crippen LogP) is 4.53. The number of amides is 2. The maximum absolute atomic E-state index is 13.3. The number of β-lactam (4-membered cyclic amide) rings is 1. The third kappa shape index (κ3) is 6.25. The number of carbonyl (C=O) groups excluding carboxylic acids is 5. The van der Waals surface area contributed by atoms with Gasteiger partial charge in [-0.3, -0.25) is 24.1 Å². The largest absolute Gasteiger partial charge is 0.484 e. The van der Waals surface area contributed by atoms with Crippen LogP contribution in [0.2, 0.25) is 0 Å². The number of ketones is 1. The lowest BCUT2D eigenvalue weighted by molar-refractivity contribution is -0.159. The maximum atomic E-state index is 13.3. The molecule has 2 aromatic carbocycles. The van der Waals surface area contributed by atoms with Crippen LogP contribution in [0.3, 0.4) is 0 Å². The van der Waals surface area contributed by atoms with Crippen LogP contribution in [0.1, 0.15) is 49.2 Å². The highest BCUT2D eigenvalue weighted by molar-refractivity contribution is 8.00. The standard InChI is InChI=1S/C33H30F3N3O8S/c1-15(40)45-12-16-14-48-30-27(29(43)39(30)28(16)31(44)47-32(2,3)4)38-25(42)13-46-18-6-7-19-21(10-18)24(41)11-22-20-9-17(33(34,35)36)5-8-23(20)37-26(19)22/h5-10,27,30,37H,11-14H2,1-4H3,(H,38,42)/t27?,30-/m1/s1. The van der Waals surface area contributed by atoms with Gasteiger partial charge < -0.3 is 24.5 Å². The molecule has 3 heterocycles. The number of nitrogens with one attached hydrogen (secondary N) is 2. The van der Waals surface area contributed by atoms with Crippen molar-refractivity contribution in [1.82, 2.24) is 15.2 Å². The van der Waals surface area contributed by atoms with E-state index in [2.05, 4.69) is 10.3 Å². The van der Waals surface area contributed by atoms with Gasteiger partial charge in [0.1, 0.15) is 35.1 Å². The van der Waals surface area contributed by atoms with E-state index in [0.29, 0.717) is 33.3 Å². The van der Waals surface area contributed by atoms with E-state index in [1.54, 1.807) is 26.8 Å². The lowest BCUT2D eigenvalue weighted by Crippen LogP contribution is -2.71. The van der Waals surface area contributed by atoms with Gasteiger partial charge in [0.2, 0.25) is 0 Å². The molecule has 1 aliphatic carbocycles. The third-order valence-corrected chi connectivity index (χ3v) is 9.25. The molecule has 1 aromatic heterocycles. The third-order valence-electron chi connectivity index (χ3n) is 7.91. The molecule has 2 N–H and O–H groups in total. The fraction of sp³-hybridized carbons (Fsp3) is 0.364. The zero-order chi connectivity index (χ0) is 34.7. The van der Waals surface area contributed by atoms with Crippen molar-refractivity contribution < 1.29 is 51.4 Å². The van der Waals surface area contributed by atoms with Crippen molar-refractivity contribution >= 4 is 52.2 Å². The first-order valence-electron chi connectivity index (χ1n) is 14.9. The van der Waals surface area contributed by atoms with Crippen molar-refractivity contribution in [2.45, 2.75) is 57.3 Å². The number of hydrogen-bond acceptors (Lipinski definition) is 9. The number of fused-ring (bicyclic) bond motifs is 6. The molecule has 0 radical (unpaired) electrons. The number of aromatic amines is 1. The SMILES string of the molecule is CC(=O)OCC1=C(C(=O)OC(C)(C)C)N2C(=O)C(NC(=O)COc3ccc4c(c3)C(=O)Cc3c-4[nH]c4ccc(C(F)(F)F)cc34)[C@H]2SC1. The monoisotopic (exact) mass is 685 g/mol. The second kappa shape index (κ2) is 12.0. The van der Waals surface area contributed by atoms with Gasteiger partial charge in [-0.2, -0.15) is 13.2 Å². The Morgan fingerprint density at radius 1 is 1.06 bits per heavy atom. The number of H-pyrrole nitrogens is 1. The van der Waals surface area contributed by atoms with Gasteiger partial charge in [-0.15, -0.1) is 11.8 Å². The second-order valence-corrected chi connectivity index (χ2v) is 13.6. The molecule has 3 aromatic rings. The average Bonchev–Trinajstić information content (AvgIpc) is 3.37. The van der Waals surface area contributed by atoms with Gasteiger partial charge in [0.15, 0.2) is 12.4 Å². The first-order chi connectivity index (χ1) is 22.5. The molecule has 1 saturated heterocycles. The fourth-order valence-corrected chi connectivity index (χ4v) is 7.14. The number of Topliss-reactive ketones (excluding diaryl/α,β-unsaturated/α-hetero) is 1. The molecule has 6 rings (SSSR count). The molecule has 0 saturated carbocycles. The second-order valence-electron chi connectivity index (χ2n) is 12.5. The van der Waals surface area contributed by atoms with Gasteiger partial charge in [0, 0.05) is 46.7 Å². The quantitative estimate of drug-likeness (QED) is 0.271. The summed E-state index contributed by atoms with van der Waals surface area (Å²) >= 11 is 1.29. The van der Waals surface area contributed by atoms with Crippen LogP contribution in [0.4, 0.5) is 13.2 Å². The highest BCUT2D eigenvalue weighted by Gasteiger charge is 2.54. The van der Waals surface area contributed by atoms with Crippen LogP contribution in [-0.4, -0.2) is 75.4 Å². The zero-order valence-electron chi connectivity index (χ0n) is 26.2. The number of nitrogens with zero attached hydrogens (tertiary/aromatic N) is 1. The molecule has 1 unspecified atom stereocenters. The van der Waals surface area contributed by atoms with E-state index in [9.17, 15) is 37.1 Å². The molecule has 252 valence electrons. The van der Waals surface area contributed by atoms with Crippen molar-refractivity contribution in [2.24, 2.45) is 0 Å². The Morgan fingerprint density at radius 3 is 2.50 bits per heavy atom. The lowest BCUT2D eigenvalue weighted by Gasteiger charge is -2.49. The van der Waals surface area contributed by atoms with Gasteiger partial charge in [-0.25, -0.2) is 4.79 Å². The fourth-order valence-electron chi connectivity index (χ4n) is 5.82. The summed E-state index contributed by atoms with van der Waals surface area (Å²) in [6.07, 6.45) is -4.64. The number of alkyl halides is 3. The summed E-state index contributed by atoms with van der Waals surface area (Å²) in [6.45, 7) is 5.60. The Labute approximate surface area is 276 Å². The first-order valence-corrected chi connectivity index (χ1v) is 15.9. The smallest absolute Gasteiger partial charge is 0.416 e. The molecule has 0 bridgehead atoms.